The Hall–Kier alpha value is -1.05. The Morgan fingerprint density at radius 3 is 2.68 bits per heavy atom. The van der Waals surface area contributed by atoms with E-state index >= 15 is 0 Å². The molecule has 0 amide bonds. The summed E-state index contributed by atoms with van der Waals surface area (Å²) in [6, 6.07) is 0. The molecule has 2 unspecified atom stereocenters. The molecule has 0 N–H and O–H groups in total. The van der Waals surface area contributed by atoms with E-state index in [4.69, 9.17) is 0 Å². The first-order chi connectivity index (χ1) is 10.6. The molecule has 0 saturated carbocycles. The fraction of sp³-hybridized carbons (Fsp3) is 0.750. The molecule has 1 fully saturated rings. The lowest BCUT2D eigenvalue weighted by Gasteiger charge is -2.19. The molecule has 1 rings (SSSR count). The van der Waals surface area contributed by atoms with Gasteiger partial charge in [-0.3, -0.25) is 4.99 Å². The quantitative estimate of drug-likeness (QED) is 0.288. The number of aliphatic imine (C=N–C) groups is 1. The zero-order valence-corrected chi connectivity index (χ0v) is 15.2. The normalized spacial score (nSPS) is 23.0. The number of allylic oxidation sites excluding steroid dienone is 2. The number of nitrogens with zero attached hydrogens (tertiary/aromatic N) is 2. The summed E-state index contributed by atoms with van der Waals surface area (Å²) < 4.78 is 0. The number of hydrogen-bond donors (Lipinski definition) is 0. The van der Waals surface area contributed by atoms with E-state index < -0.39 is 0 Å². The summed E-state index contributed by atoms with van der Waals surface area (Å²) in [5.74, 6) is 2.33. The van der Waals surface area contributed by atoms with E-state index in [1.54, 1.807) is 0 Å². The van der Waals surface area contributed by atoms with Gasteiger partial charge in [-0.05, 0) is 43.4 Å². The summed E-state index contributed by atoms with van der Waals surface area (Å²) in [5, 5.41) is 0. The minimum atomic E-state index is 0.706. The third-order valence-corrected chi connectivity index (χ3v) is 4.68. The SMILES string of the molecule is C=N/C=C(\C=C/CC(C)C)N1CC(C)C(CCCCCC)C1. The minimum Gasteiger partial charge on any atom is -0.370 e. The van der Waals surface area contributed by atoms with Crippen molar-refractivity contribution >= 4 is 6.72 Å². The molecule has 1 heterocycles. The van der Waals surface area contributed by atoms with Crippen LogP contribution in [0.5, 0.6) is 0 Å². The van der Waals surface area contributed by atoms with Gasteiger partial charge in [-0.1, -0.05) is 59.5 Å². The molecule has 1 saturated heterocycles. The van der Waals surface area contributed by atoms with Gasteiger partial charge >= 0.3 is 0 Å². The van der Waals surface area contributed by atoms with Gasteiger partial charge in [0.2, 0.25) is 0 Å². The first-order valence-electron chi connectivity index (χ1n) is 9.15. The monoisotopic (exact) mass is 304 g/mol. The first-order valence-corrected chi connectivity index (χ1v) is 9.15. The Bertz CT molecular complexity index is 368. The highest BCUT2D eigenvalue weighted by Crippen LogP contribution is 2.30. The van der Waals surface area contributed by atoms with Crippen LogP contribution in [0.3, 0.4) is 0 Å². The molecule has 0 aromatic heterocycles. The van der Waals surface area contributed by atoms with Crippen molar-refractivity contribution < 1.29 is 0 Å². The van der Waals surface area contributed by atoms with E-state index in [0.717, 1.165) is 24.8 Å². The van der Waals surface area contributed by atoms with Gasteiger partial charge in [0.25, 0.3) is 0 Å². The summed E-state index contributed by atoms with van der Waals surface area (Å²) in [4.78, 5) is 6.51. The van der Waals surface area contributed by atoms with Crippen LogP contribution >= 0.6 is 0 Å². The molecule has 0 aliphatic carbocycles. The second-order valence-corrected chi connectivity index (χ2v) is 7.26. The van der Waals surface area contributed by atoms with Crippen LogP contribution in [-0.4, -0.2) is 24.7 Å². The van der Waals surface area contributed by atoms with Gasteiger partial charge in [0.05, 0.1) is 5.70 Å². The smallest absolute Gasteiger partial charge is 0.0548 e. The van der Waals surface area contributed by atoms with Gasteiger partial charge < -0.3 is 4.90 Å². The largest absolute Gasteiger partial charge is 0.370 e. The molecule has 0 radical (unpaired) electrons. The van der Waals surface area contributed by atoms with Crippen LogP contribution in [0, 0.1) is 17.8 Å². The van der Waals surface area contributed by atoms with Crippen molar-refractivity contribution in [3.8, 4) is 0 Å². The molecule has 0 spiro atoms. The van der Waals surface area contributed by atoms with Gasteiger partial charge in [-0.15, -0.1) is 0 Å². The Kier molecular flexibility index (Phi) is 9.19. The molecule has 22 heavy (non-hydrogen) atoms. The highest BCUT2D eigenvalue weighted by atomic mass is 15.2. The maximum absolute atomic E-state index is 4.01. The average molecular weight is 305 g/mol. The second-order valence-electron chi connectivity index (χ2n) is 7.26. The molecule has 2 heteroatoms. The van der Waals surface area contributed by atoms with Crippen molar-refractivity contribution in [3.05, 3.63) is 24.0 Å². The molecule has 1 aliphatic rings. The van der Waals surface area contributed by atoms with Crippen molar-refractivity contribution in [1.29, 1.82) is 0 Å². The Labute approximate surface area is 138 Å². The van der Waals surface area contributed by atoms with E-state index in [1.807, 2.05) is 6.20 Å². The number of unbranched alkanes of at least 4 members (excludes halogenated alkanes) is 3. The molecule has 0 aromatic rings. The minimum absolute atomic E-state index is 0.706. The zero-order valence-electron chi connectivity index (χ0n) is 15.2. The molecular formula is C20H36N2. The van der Waals surface area contributed by atoms with Crippen molar-refractivity contribution in [2.45, 2.75) is 66.2 Å². The molecule has 2 nitrogen and oxygen atoms in total. The first kappa shape index (κ1) is 19.0. The maximum atomic E-state index is 4.01. The van der Waals surface area contributed by atoms with Crippen LogP contribution in [0.15, 0.2) is 29.0 Å². The molecule has 126 valence electrons. The van der Waals surface area contributed by atoms with Gasteiger partial charge in [-0.2, -0.15) is 0 Å². The van der Waals surface area contributed by atoms with Crippen molar-refractivity contribution in [2.24, 2.45) is 22.7 Å². The fourth-order valence-electron chi connectivity index (χ4n) is 3.24. The maximum Gasteiger partial charge on any atom is 0.0548 e. The Balaban J connectivity index is 2.53. The van der Waals surface area contributed by atoms with Crippen LogP contribution in [-0.2, 0) is 0 Å². The Morgan fingerprint density at radius 2 is 2.05 bits per heavy atom. The standard InChI is InChI=1S/C20H36N2/c1-6-7-8-9-12-19-16-22(15-18(19)4)20(14-21-5)13-10-11-17(2)3/h10,13-14,17-19H,5-9,11-12,15-16H2,1-4H3/b13-10-,20-14+. The van der Waals surface area contributed by atoms with Gasteiger partial charge in [0.1, 0.15) is 0 Å². The van der Waals surface area contributed by atoms with Crippen LogP contribution < -0.4 is 0 Å². The highest BCUT2D eigenvalue weighted by Gasteiger charge is 2.29. The summed E-state index contributed by atoms with van der Waals surface area (Å²) in [7, 11) is 0. The number of rotatable bonds is 10. The Morgan fingerprint density at radius 1 is 1.27 bits per heavy atom. The van der Waals surface area contributed by atoms with Crippen molar-refractivity contribution in [2.75, 3.05) is 13.1 Å². The van der Waals surface area contributed by atoms with E-state index in [-0.39, 0.29) is 0 Å². The topological polar surface area (TPSA) is 15.6 Å². The zero-order chi connectivity index (χ0) is 16.4. The third-order valence-electron chi connectivity index (χ3n) is 4.68. The summed E-state index contributed by atoms with van der Waals surface area (Å²) in [6.07, 6.45) is 14.4. The fourth-order valence-corrected chi connectivity index (χ4v) is 3.24. The van der Waals surface area contributed by atoms with E-state index in [1.165, 1.54) is 44.3 Å². The van der Waals surface area contributed by atoms with Crippen LogP contribution in [0.1, 0.15) is 66.2 Å². The molecule has 2 atom stereocenters. The predicted molar refractivity (Wildman–Crippen MR) is 99.2 cm³/mol. The third kappa shape index (κ3) is 6.81. The molecule has 0 bridgehead atoms. The number of hydrogen-bond acceptors (Lipinski definition) is 2. The molecule has 1 aliphatic heterocycles. The van der Waals surface area contributed by atoms with Crippen LogP contribution in [0.4, 0.5) is 0 Å². The lowest BCUT2D eigenvalue weighted by atomic mass is 9.92. The highest BCUT2D eigenvalue weighted by molar-refractivity contribution is 5.29. The second kappa shape index (κ2) is 10.6. The van der Waals surface area contributed by atoms with Crippen molar-refractivity contribution in [1.82, 2.24) is 4.90 Å². The van der Waals surface area contributed by atoms with E-state index in [2.05, 4.69) is 56.5 Å². The van der Waals surface area contributed by atoms with E-state index in [0.29, 0.717) is 5.92 Å². The molecule has 0 aromatic carbocycles. The van der Waals surface area contributed by atoms with Crippen LogP contribution in [0.25, 0.3) is 0 Å². The number of likely N-dealkylation sites (tertiary alicyclic amines) is 1. The summed E-state index contributed by atoms with van der Waals surface area (Å²) in [5.41, 5.74) is 1.23. The van der Waals surface area contributed by atoms with Crippen LogP contribution in [0.2, 0.25) is 0 Å². The lowest BCUT2D eigenvalue weighted by Crippen LogP contribution is -2.19. The summed E-state index contributed by atoms with van der Waals surface area (Å²) in [6.45, 7) is 15.2. The van der Waals surface area contributed by atoms with Gasteiger partial charge in [-0.25, -0.2) is 0 Å². The molecular weight excluding hydrogens is 268 g/mol. The average Bonchev–Trinajstić information content (AvgIpc) is 2.83. The summed E-state index contributed by atoms with van der Waals surface area (Å²) >= 11 is 0. The van der Waals surface area contributed by atoms with Crippen molar-refractivity contribution in [3.63, 3.8) is 0 Å². The van der Waals surface area contributed by atoms with Gasteiger partial charge in [0.15, 0.2) is 0 Å². The van der Waals surface area contributed by atoms with E-state index in [9.17, 15) is 0 Å². The predicted octanol–water partition coefficient (Wildman–Crippen LogP) is 5.67. The van der Waals surface area contributed by atoms with Gasteiger partial charge in [0, 0.05) is 19.3 Å². The lowest BCUT2D eigenvalue weighted by molar-refractivity contribution is 0.388.